The van der Waals surface area contributed by atoms with Crippen LogP contribution in [0, 0.1) is 5.82 Å². The van der Waals surface area contributed by atoms with Crippen LogP contribution >= 0.6 is 0 Å². The van der Waals surface area contributed by atoms with Gasteiger partial charge in [-0.15, -0.1) is 0 Å². The summed E-state index contributed by atoms with van der Waals surface area (Å²) in [7, 11) is 0. The normalized spacial score (nSPS) is 11.4. The molecule has 0 bridgehead atoms. The summed E-state index contributed by atoms with van der Waals surface area (Å²) >= 11 is 0. The van der Waals surface area contributed by atoms with Crippen molar-refractivity contribution in [3.63, 3.8) is 0 Å². The maximum atomic E-state index is 14.1. The smallest absolute Gasteiger partial charge is 0.144 e. The van der Waals surface area contributed by atoms with Gasteiger partial charge in [-0.1, -0.05) is 18.2 Å². The van der Waals surface area contributed by atoms with Crippen molar-refractivity contribution in [1.29, 1.82) is 0 Å². The number of hydrogen-bond acceptors (Lipinski definition) is 2. The molecule has 0 aliphatic rings. The molecule has 20 heavy (non-hydrogen) atoms. The molecule has 0 saturated carbocycles. The molecule has 0 amide bonds. The van der Waals surface area contributed by atoms with E-state index < -0.39 is 0 Å². The maximum Gasteiger partial charge on any atom is 0.144 e. The zero-order chi connectivity index (χ0) is 14.3. The van der Waals surface area contributed by atoms with Gasteiger partial charge in [-0.2, -0.15) is 0 Å². The summed E-state index contributed by atoms with van der Waals surface area (Å²) < 4.78 is 16.1. The molecule has 0 saturated heterocycles. The molecule has 0 unspecified atom stereocenters. The number of fused-ring (bicyclic) bond motifs is 1. The number of nitrogens with two attached hydrogens (primary N) is 1. The summed E-state index contributed by atoms with van der Waals surface area (Å²) in [6.45, 7) is 4.10. The number of benzene rings is 2. The lowest BCUT2D eigenvalue weighted by molar-refractivity contribution is 0.607. The average molecular weight is 269 g/mol. The highest BCUT2D eigenvalue weighted by atomic mass is 19.1. The summed E-state index contributed by atoms with van der Waals surface area (Å²) in [5, 5.41) is 0. The van der Waals surface area contributed by atoms with E-state index in [1.54, 1.807) is 12.1 Å². The highest BCUT2D eigenvalue weighted by Gasteiger charge is 2.18. The van der Waals surface area contributed by atoms with Crippen LogP contribution in [-0.2, 0) is 0 Å². The van der Waals surface area contributed by atoms with Gasteiger partial charge in [-0.25, -0.2) is 9.37 Å². The molecule has 3 rings (SSSR count). The van der Waals surface area contributed by atoms with Crippen molar-refractivity contribution >= 4 is 16.7 Å². The van der Waals surface area contributed by atoms with E-state index in [4.69, 9.17) is 5.73 Å². The lowest BCUT2D eigenvalue weighted by Gasteiger charge is -2.13. The second-order valence-electron chi connectivity index (χ2n) is 5.09. The van der Waals surface area contributed by atoms with Crippen LogP contribution in [0.1, 0.15) is 19.9 Å². The molecule has 3 nitrogen and oxygen atoms in total. The van der Waals surface area contributed by atoms with Crippen molar-refractivity contribution in [1.82, 2.24) is 9.55 Å². The molecular formula is C16H16FN3. The number of nitrogen functional groups attached to an aromatic ring is 1. The lowest BCUT2D eigenvalue weighted by Crippen LogP contribution is -2.04. The van der Waals surface area contributed by atoms with E-state index in [0.717, 1.165) is 11.0 Å². The van der Waals surface area contributed by atoms with Gasteiger partial charge >= 0.3 is 0 Å². The largest absolute Gasteiger partial charge is 0.397 e. The molecule has 2 N–H and O–H groups in total. The molecule has 1 heterocycles. The Labute approximate surface area is 116 Å². The van der Waals surface area contributed by atoms with E-state index in [1.165, 1.54) is 6.07 Å². The average Bonchev–Trinajstić information content (AvgIpc) is 2.80. The molecule has 4 heteroatoms. The third kappa shape index (κ3) is 1.84. The summed E-state index contributed by atoms with van der Waals surface area (Å²) in [5.74, 6) is 0.342. The lowest BCUT2D eigenvalue weighted by atomic mass is 10.2. The first-order valence-corrected chi connectivity index (χ1v) is 6.61. The number of nitrogens with zero attached hydrogens (tertiary/aromatic N) is 2. The second kappa shape index (κ2) is 4.63. The Morgan fingerprint density at radius 2 is 1.85 bits per heavy atom. The Balaban J connectivity index is 2.39. The molecule has 1 aromatic heterocycles. The molecule has 0 spiro atoms. The van der Waals surface area contributed by atoms with Crippen LogP contribution in [0.5, 0.6) is 0 Å². The van der Waals surface area contributed by atoms with Gasteiger partial charge in [0.05, 0.1) is 16.8 Å². The molecule has 3 aromatic rings. The minimum absolute atomic E-state index is 0.163. The van der Waals surface area contributed by atoms with E-state index in [2.05, 4.69) is 18.8 Å². The quantitative estimate of drug-likeness (QED) is 0.714. The first-order chi connectivity index (χ1) is 9.59. The van der Waals surface area contributed by atoms with Gasteiger partial charge in [0.1, 0.15) is 17.2 Å². The fourth-order valence-corrected chi connectivity index (χ4v) is 2.49. The maximum absolute atomic E-state index is 14.1. The molecule has 0 fully saturated rings. The van der Waals surface area contributed by atoms with Crippen LogP contribution in [0.4, 0.5) is 10.1 Å². The number of para-hydroxylation sites is 1. The molecule has 0 atom stereocenters. The Morgan fingerprint density at radius 3 is 2.55 bits per heavy atom. The van der Waals surface area contributed by atoms with Gasteiger partial charge in [0.25, 0.3) is 0 Å². The zero-order valence-electron chi connectivity index (χ0n) is 11.5. The standard InChI is InChI=1S/C16H16FN3/c1-10(2)20-14-9-5-8-13(18)15(14)19-16(20)11-6-3-4-7-12(11)17/h3-10H,18H2,1-2H3. The third-order valence-corrected chi connectivity index (χ3v) is 3.38. The molecule has 0 radical (unpaired) electrons. The molecule has 102 valence electrons. The fraction of sp³-hybridized carbons (Fsp3) is 0.188. The van der Waals surface area contributed by atoms with Crippen molar-refractivity contribution in [2.45, 2.75) is 19.9 Å². The van der Waals surface area contributed by atoms with E-state index in [9.17, 15) is 4.39 Å². The van der Waals surface area contributed by atoms with Gasteiger partial charge in [-0.3, -0.25) is 0 Å². The predicted octanol–water partition coefficient (Wildman–Crippen LogP) is 4.01. The number of halogens is 1. The Hall–Kier alpha value is -2.36. The van der Waals surface area contributed by atoms with E-state index >= 15 is 0 Å². The number of rotatable bonds is 2. The van der Waals surface area contributed by atoms with Gasteiger partial charge in [0.15, 0.2) is 0 Å². The first kappa shape index (κ1) is 12.7. The van der Waals surface area contributed by atoms with E-state index in [0.29, 0.717) is 17.1 Å². The van der Waals surface area contributed by atoms with Crippen LogP contribution in [0.15, 0.2) is 42.5 Å². The highest BCUT2D eigenvalue weighted by Crippen LogP contribution is 2.31. The molecule has 0 aliphatic heterocycles. The molecule has 0 aliphatic carbocycles. The van der Waals surface area contributed by atoms with Crippen molar-refractivity contribution in [3.05, 3.63) is 48.3 Å². The van der Waals surface area contributed by atoms with Gasteiger partial charge in [0.2, 0.25) is 0 Å². The monoisotopic (exact) mass is 269 g/mol. The van der Waals surface area contributed by atoms with Crippen molar-refractivity contribution in [2.75, 3.05) is 5.73 Å². The summed E-state index contributed by atoms with van der Waals surface area (Å²) in [5.41, 5.74) is 8.74. The van der Waals surface area contributed by atoms with Gasteiger partial charge in [0, 0.05) is 6.04 Å². The minimum Gasteiger partial charge on any atom is -0.397 e. The topological polar surface area (TPSA) is 43.8 Å². The van der Waals surface area contributed by atoms with Crippen LogP contribution in [0.25, 0.3) is 22.4 Å². The van der Waals surface area contributed by atoms with E-state index in [1.807, 2.05) is 28.8 Å². The van der Waals surface area contributed by atoms with Crippen molar-refractivity contribution in [2.24, 2.45) is 0 Å². The number of anilines is 1. The first-order valence-electron chi connectivity index (χ1n) is 6.61. The summed E-state index contributed by atoms with van der Waals surface area (Å²) in [6, 6.07) is 12.5. The van der Waals surface area contributed by atoms with Gasteiger partial charge in [-0.05, 0) is 38.1 Å². The highest BCUT2D eigenvalue weighted by molar-refractivity contribution is 5.90. The Kier molecular flexibility index (Phi) is 2.93. The number of hydrogen-bond donors (Lipinski definition) is 1. The third-order valence-electron chi connectivity index (χ3n) is 3.38. The van der Waals surface area contributed by atoms with E-state index in [-0.39, 0.29) is 11.9 Å². The molecular weight excluding hydrogens is 253 g/mol. The van der Waals surface area contributed by atoms with Crippen LogP contribution in [0.3, 0.4) is 0 Å². The summed E-state index contributed by atoms with van der Waals surface area (Å²) in [6.07, 6.45) is 0. The second-order valence-corrected chi connectivity index (χ2v) is 5.09. The molecule has 2 aromatic carbocycles. The van der Waals surface area contributed by atoms with Crippen molar-refractivity contribution < 1.29 is 4.39 Å². The Morgan fingerprint density at radius 1 is 1.10 bits per heavy atom. The number of aromatic nitrogens is 2. The van der Waals surface area contributed by atoms with Crippen molar-refractivity contribution in [3.8, 4) is 11.4 Å². The predicted molar refractivity (Wildman–Crippen MR) is 79.9 cm³/mol. The van der Waals surface area contributed by atoms with Crippen LogP contribution < -0.4 is 5.73 Å². The minimum atomic E-state index is -0.275. The fourth-order valence-electron chi connectivity index (χ4n) is 2.49. The van der Waals surface area contributed by atoms with Gasteiger partial charge < -0.3 is 10.3 Å². The van der Waals surface area contributed by atoms with Crippen LogP contribution in [0.2, 0.25) is 0 Å². The summed E-state index contributed by atoms with van der Waals surface area (Å²) in [4.78, 5) is 4.56. The number of imidazole rings is 1. The Bertz CT molecular complexity index is 774. The van der Waals surface area contributed by atoms with Crippen LogP contribution in [-0.4, -0.2) is 9.55 Å². The zero-order valence-corrected chi connectivity index (χ0v) is 11.5. The SMILES string of the molecule is CC(C)n1c(-c2ccccc2F)nc2c(N)cccc21.